The van der Waals surface area contributed by atoms with E-state index in [0.29, 0.717) is 19.2 Å². The third-order valence-corrected chi connectivity index (χ3v) is 8.88. The topological polar surface area (TPSA) is 121 Å². The van der Waals surface area contributed by atoms with Crippen LogP contribution in [-0.2, 0) is 16.1 Å². The molecule has 1 aliphatic carbocycles. The van der Waals surface area contributed by atoms with Gasteiger partial charge in [-0.3, -0.25) is 14.8 Å². The molecule has 2 bridgehead atoms. The van der Waals surface area contributed by atoms with Gasteiger partial charge in [0.25, 0.3) is 5.91 Å². The second-order valence-electron chi connectivity index (χ2n) is 11.2. The Kier molecular flexibility index (Phi) is 7.07. The number of nitrogens with zero attached hydrogens (tertiary/aromatic N) is 6. The molecule has 7 rings (SSSR count). The number of carbonyl (C=O) groups is 1. The van der Waals surface area contributed by atoms with Crippen molar-refractivity contribution in [2.45, 2.75) is 56.7 Å². The van der Waals surface area contributed by atoms with Crippen molar-refractivity contribution in [1.82, 2.24) is 30.3 Å². The molecule has 11 heteroatoms. The van der Waals surface area contributed by atoms with Crippen molar-refractivity contribution in [3.8, 4) is 0 Å². The van der Waals surface area contributed by atoms with E-state index in [1.807, 2.05) is 34.0 Å². The summed E-state index contributed by atoms with van der Waals surface area (Å²) in [7, 11) is 3.37. The number of hydrazine groups is 1. The summed E-state index contributed by atoms with van der Waals surface area (Å²) in [5, 5.41) is 8.15. The summed E-state index contributed by atoms with van der Waals surface area (Å²) in [6.45, 7) is 0.890. The lowest BCUT2D eigenvalue weighted by atomic mass is 9.85. The van der Waals surface area contributed by atoms with Crippen LogP contribution >= 0.6 is 0 Å². The van der Waals surface area contributed by atoms with Crippen LogP contribution in [0, 0.1) is 5.92 Å². The van der Waals surface area contributed by atoms with Crippen LogP contribution in [0.15, 0.2) is 64.1 Å². The van der Waals surface area contributed by atoms with Gasteiger partial charge >= 0.3 is 0 Å². The number of ether oxygens (including phenoxy) is 1. The number of aromatic nitrogens is 3. The number of piperidine rings is 1. The van der Waals surface area contributed by atoms with Crippen molar-refractivity contribution < 1.29 is 9.53 Å². The molecule has 0 radical (unpaired) electrons. The molecule has 6 heterocycles. The van der Waals surface area contributed by atoms with E-state index in [9.17, 15) is 4.79 Å². The standard InChI is InChI=1S/C31H35N9O2/c1-32-28(38-33-2)31(41)39-22-11-12-23(39)14-21(13-22)27-25-17-42-18-35-29(25)40-30(37-27)24(16-36-40)20-9-6-10-26(34-15-20)19-7-4-3-5-8-19/h3-7,10,15-16,19,21-23,33,35H,8,11-14,17-18H2,1-2H3,(H,32,38). The van der Waals surface area contributed by atoms with Gasteiger partial charge in [-0.15, -0.1) is 5.73 Å². The quantitative estimate of drug-likeness (QED) is 0.225. The summed E-state index contributed by atoms with van der Waals surface area (Å²) in [6, 6.07) is 0.278. The highest BCUT2D eigenvalue weighted by molar-refractivity contribution is 6.37. The predicted octanol–water partition coefficient (Wildman–Crippen LogP) is 3.26. The highest BCUT2D eigenvalue weighted by atomic mass is 16.5. The number of allylic oxidation sites excluding steroid dienone is 6. The number of aliphatic imine (C=N–C) groups is 2. The first kappa shape index (κ1) is 26.6. The monoisotopic (exact) mass is 565 g/mol. The number of nitrogens with one attached hydrogen (secondary N) is 3. The molecular weight excluding hydrogens is 530 g/mol. The summed E-state index contributed by atoms with van der Waals surface area (Å²) in [4.78, 5) is 29.7. The molecular formula is C31H35N9O2. The van der Waals surface area contributed by atoms with Crippen molar-refractivity contribution >= 4 is 35.0 Å². The molecule has 11 nitrogen and oxygen atoms in total. The van der Waals surface area contributed by atoms with Gasteiger partial charge in [0.05, 0.1) is 24.1 Å². The Morgan fingerprint density at radius 3 is 2.86 bits per heavy atom. The van der Waals surface area contributed by atoms with Crippen LogP contribution < -0.4 is 16.2 Å². The molecule has 0 spiro atoms. The first-order chi connectivity index (χ1) is 20.7. The molecule has 1 amide bonds. The lowest BCUT2D eigenvalue weighted by Crippen LogP contribution is -2.53. The fourth-order valence-electron chi connectivity index (χ4n) is 6.95. The van der Waals surface area contributed by atoms with Crippen molar-refractivity contribution in [2.75, 3.05) is 26.1 Å². The van der Waals surface area contributed by atoms with E-state index in [-0.39, 0.29) is 29.8 Å². The zero-order valence-electron chi connectivity index (χ0n) is 23.9. The average molecular weight is 566 g/mol. The molecule has 5 aliphatic rings. The summed E-state index contributed by atoms with van der Waals surface area (Å²) >= 11 is 0. The molecule has 216 valence electrons. The summed E-state index contributed by atoms with van der Waals surface area (Å²) in [5.74, 6) is 1.67. The van der Waals surface area contributed by atoms with Gasteiger partial charge in [0.1, 0.15) is 12.5 Å². The van der Waals surface area contributed by atoms with Gasteiger partial charge in [-0.05, 0) is 44.3 Å². The largest absolute Gasteiger partial charge is 0.356 e. The molecule has 3 N–H and O–H groups in total. The van der Waals surface area contributed by atoms with E-state index < -0.39 is 0 Å². The zero-order valence-corrected chi connectivity index (χ0v) is 23.9. The maximum Gasteiger partial charge on any atom is 0.290 e. The Labute approximate surface area is 244 Å². The van der Waals surface area contributed by atoms with E-state index in [0.717, 1.165) is 71.7 Å². The minimum atomic E-state index is -0.0505. The molecule has 4 aliphatic heterocycles. The Bertz CT molecular complexity index is 1620. The Morgan fingerprint density at radius 2 is 2.10 bits per heavy atom. The Balaban J connectivity index is 1.22. The van der Waals surface area contributed by atoms with Gasteiger partial charge in [-0.25, -0.2) is 10.4 Å². The Hall–Kier alpha value is -4.31. The maximum atomic E-state index is 13.4. The van der Waals surface area contributed by atoms with Gasteiger partial charge < -0.3 is 20.4 Å². The summed E-state index contributed by atoms with van der Waals surface area (Å²) in [6.07, 6.45) is 20.8. The number of carbonyl (C=O) groups excluding carboxylic acids is 1. The minimum Gasteiger partial charge on any atom is -0.356 e. The van der Waals surface area contributed by atoms with E-state index in [4.69, 9.17) is 19.8 Å². The molecule has 3 atom stereocenters. The number of hydrogen-bond acceptors (Lipinski definition) is 8. The first-order valence-corrected chi connectivity index (χ1v) is 14.6. The smallest absolute Gasteiger partial charge is 0.290 e. The number of anilines is 1. The Morgan fingerprint density at radius 1 is 1.24 bits per heavy atom. The second kappa shape index (κ2) is 11.2. The van der Waals surface area contributed by atoms with Crippen LogP contribution in [0.4, 0.5) is 5.82 Å². The van der Waals surface area contributed by atoms with Crippen molar-refractivity contribution in [3.63, 3.8) is 0 Å². The molecule has 42 heavy (non-hydrogen) atoms. The summed E-state index contributed by atoms with van der Waals surface area (Å²) in [5.41, 5.74) is 14.7. The molecule has 2 aromatic heterocycles. The van der Waals surface area contributed by atoms with Gasteiger partial charge in [0.15, 0.2) is 5.65 Å². The van der Waals surface area contributed by atoms with Crippen molar-refractivity contribution in [3.05, 3.63) is 70.9 Å². The molecule has 3 unspecified atom stereocenters. The van der Waals surface area contributed by atoms with Gasteiger partial charge in [-0.2, -0.15) is 9.61 Å². The van der Waals surface area contributed by atoms with E-state index >= 15 is 0 Å². The van der Waals surface area contributed by atoms with Crippen LogP contribution in [-0.4, -0.2) is 70.4 Å². The van der Waals surface area contributed by atoms with E-state index in [2.05, 4.69) is 51.2 Å². The van der Waals surface area contributed by atoms with Gasteiger partial charge in [0, 0.05) is 61.1 Å². The normalized spacial score (nSPS) is 26.5. The van der Waals surface area contributed by atoms with Crippen LogP contribution in [0.3, 0.4) is 0 Å². The van der Waals surface area contributed by atoms with Crippen LogP contribution in [0.5, 0.6) is 0 Å². The average Bonchev–Trinajstić information content (AvgIpc) is 3.46. The third kappa shape index (κ3) is 4.59. The van der Waals surface area contributed by atoms with Gasteiger partial charge in [-0.1, -0.05) is 24.3 Å². The third-order valence-electron chi connectivity index (χ3n) is 8.88. The number of amidine groups is 1. The first-order valence-electron chi connectivity index (χ1n) is 14.6. The fourth-order valence-corrected chi connectivity index (χ4v) is 6.95. The van der Waals surface area contributed by atoms with Gasteiger partial charge in [0.2, 0.25) is 5.84 Å². The van der Waals surface area contributed by atoms with Crippen molar-refractivity contribution in [1.29, 1.82) is 0 Å². The number of amides is 1. The SMILES string of the molecule is CN=C(NNC)C(=O)N1C2CCC1CC(c1nc3c(C4=C=CC=C(C5C=CC=CC5)N=C4)cnn3c3c1COCN3)C2. The second-order valence-corrected chi connectivity index (χ2v) is 11.2. The van der Waals surface area contributed by atoms with Crippen LogP contribution in [0.25, 0.3) is 11.2 Å². The van der Waals surface area contributed by atoms with Crippen LogP contribution in [0.2, 0.25) is 0 Å². The molecule has 0 aromatic carbocycles. The molecule has 2 fully saturated rings. The highest BCUT2D eigenvalue weighted by Crippen LogP contribution is 2.45. The summed E-state index contributed by atoms with van der Waals surface area (Å²) < 4.78 is 7.72. The zero-order chi connectivity index (χ0) is 28.6. The lowest BCUT2D eigenvalue weighted by molar-refractivity contribution is -0.128. The lowest BCUT2D eigenvalue weighted by Gasteiger charge is -2.39. The van der Waals surface area contributed by atoms with Crippen molar-refractivity contribution in [2.24, 2.45) is 15.9 Å². The predicted molar refractivity (Wildman–Crippen MR) is 162 cm³/mol. The number of fused-ring (bicyclic) bond motifs is 5. The molecule has 2 saturated heterocycles. The molecule has 0 saturated carbocycles. The number of hydrogen-bond donors (Lipinski definition) is 3. The maximum absolute atomic E-state index is 13.4. The fraction of sp³-hybridized carbons (Fsp3) is 0.419. The van der Waals surface area contributed by atoms with E-state index in [1.165, 1.54) is 0 Å². The molecule has 2 aromatic rings. The van der Waals surface area contributed by atoms with E-state index in [1.54, 1.807) is 14.1 Å². The minimum absolute atomic E-state index is 0.0505. The number of rotatable bonds is 4. The highest BCUT2D eigenvalue weighted by Gasteiger charge is 2.46. The van der Waals surface area contributed by atoms with Crippen LogP contribution in [0.1, 0.15) is 54.8 Å².